The van der Waals surface area contributed by atoms with Crippen LogP contribution in [0.2, 0.25) is 5.02 Å². The molecule has 0 radical (unpaired) electrons. The number of halogens is 2. The molecule has 0 aliphatic heterocycles. The fourth-order valence-corrected chi connectivity index (χ4v) is 2.25. The minimum Gasteiger partial charge on any atom is -0.388 e. The van der Waals surface area contributed by atoms with Gasteiger partial charge in [0, 0.05) is 18.1 Å². The summed E-state index contributed by atoms with van der Waals surface area (Å²) in [5.74, 6) is -0.345. The van der Waals surface area contributed by atoms with Gasteiger partial charge < -0.3 is 9.84 Å². The molecule has 21 heavy (non-hydrogen) atoms. The van der Waals surface area contributed by atoms with E-state index in [0.29, 0.717) is 30.2 Å². The van der Waals surface area contributed by atoms with Crippen molar-refractivity contribution in [3.63, 3.8) is 0 Å². The standard InChI is InChI=1S/C17H18ClFO2/c1-12-5-6-15(18)9-14(12)11-21-8-7-17(20)13-3-2-4-16(19)10-13/h2-6,9-10,17,20H,7-8,11H2,1H3. The molecule has 0 aliphatic carbocycles. The lowest BCUT2D eigenvalue weighted by Gasteiger charge is -2.12. The molecule has 1 unspecified atom stereocenters. The molecule has 0 heterocycles. The zero-order valence-corrected chi connectivity index (χ0v) is 12.6. The number of ether oxygens (including phenoxy) is 1. The average molecular weight is 309 g/mol. The van der Waals surface area contributed by atoms with Crippen molar-refractivity contribution in [2.75, 3.05) is 6.61 Å². The van der Waals surface area contributed by atoms with Crippen LogP contribution in [0.3, 0.4) is 0 Å². The van der Waals surface area contributed by atoms with Crippen molar-refractivity contribution < 1.29 is 14.2 Å². The highest BCUT2D eigenvalue weighted by atomic mass is 35.5. The van der Waals surface area contributed by atoms with E-state index in [0.717, 1.165) is 11.1 Å². The molecule has 2 aromatic rings. The number of aliphatic hydroxyl groups excluding tert-OH is 1. The number of hydrogen-bond acceptors (Lipinski definition) is 2. The van der Waals surface area contributed by atoms with E-state index < -0.39 is 6.10 Å². The third-order valence-corrected chi connectivity index (χ3v) is 3.57. The molecule has 0 bridgehead atoms. The van der Waals surface area contributed by atoms with Crippen LogP contribution in [0.15, 0.2) is 42.5 Å². The summed E-state index contributed by atoms with van der Waals surface area (Å²) in [5, 5.41) is 10.7. The van der Waals surface area contributed by atoms with Crippen LogP contribution in [0, 0.1) is 12.7 Å². The van der Waals surface area contributed by atoms with Crippen LogP contribution in [0.5, 0.6) is 0 Å². The van der Waals surface area contributed by atoms with E-state index in [2.05, 4.69) is 0 Å². The van der Waals surface area contributed by atoms with Crippen LogP contribution in [-0.2, 0) is 11.3 Å². The maximum absolute atomic E-state index is 13.1. The molecule has 2 rings (SSSR count). The summed E-state index contributed by atoms with van der Waals surface area (Å²) < 4.78 is 18.6. The predicted molar refractivity (Wildman–Crippen MR) is 81.8 cm³/mol. The molecular formula is C17H18ClFO2. The number of aryl methyl sites for hydroxylation is 1. The molecule has 2 nitrogen and oxygen atoms in total. The Bertz CT molecular complexity index is 601. The molecule has 0 aromatic heterocycles. The lowest BCUT2D eigenvalue weighted by atomic mass is 10.1. The van der Waals surface area contributed by atoms with Crippen LogP contribution >= 0.6 is 11.6 Å². The molecule has 1 atom stereocenters. The number of benzene rings is 2. The van der Waals surface area contributed by atoms with Crippen molar-refractivity contribution in [1.82, 2.24) is 0 Å². The van der Waals surface area contributed by atoms with Gasteiger partial charge in [0.05, 0.1) is 12.7 Å². The summed E-state index contributed by atoms with van der Waals surface area (Å²) in [4.78, 5) is 0. The van der Waals surface area contributed by atoms with Crippen molar-refractivity contribution in [2.24, 2.45) is 0 Å². The SMILES string of the molecule is Cc1ccc(Cl)cc1COCCC(O)c1cccc(F)c1. The van der Waals surface area contributed by atoms with Gasteiger partial charge in [0.2, 0.25) is 0 Å². The van der Waals surface area contributed by atoms with E-state index in [4.69, 9.17) is 16.3 Å². The topological polar surface area (TPSA) is 29.5 Å². The second kappa shape index (κ2) is 7.55. The fourth-order valence-electron chi connectivity index (χ4n) is 2.05. The quantitative estimate of drug-likeness (QED) is 0.800. The van der Waals surface area contributed by atoms with Crippen molar-refractivity contribution in [2.45, 2.75) is 26.1 Å². The molecule has 112 valence electrons. The van der Waals surface area contributed by atoms with Crippen LogP contribution in [0.1, 0.15) is 29.2 Å². The normalized spacial score (nSPS) is 12.4. The summed E-state index contributed by atoms with van der Waals surface area (Å²) in [6, 6.07) is 11.6. The number of hydrogen-bond donors (Lipinski definition) is 1. The van der Waals surface area contributed by atoms with Crippen LogP contribution in [0.4, 0.5) is 4.39 Å². The average Bonchev–Trinajstić information content (AvgIpc) is 2.46. The summed E-state index contributed by atoms with van der Waals surface area (Å²) in [6.07, 6.45) is -0.301. The molecule has 1 N–H and O–H groups in total. The Morgan fingerprint density at radius 3 is 2.81 bits per heavy atom. The second-order valence-electron chi connectivity index (χ2n) is 4.98. The molecule has 2 aromatic carbocycles. The van der Waals surface area contributed by atoms with E-state index in [1.54, 1.807) is 12.1 Å². The molecule has 0 amide bonds. The third kappa shape index (κ3) is 4.81. The first-order valence-corrected chi connectivity index (χ1v) is 7.20. The maximum atomic E-state index is 13.1. The predicted octanol–water partition coefficient (Wildman–Crippen LogP) is 4.43. The summed E-state index contributed by atoms with van der Waals surface area (Å²) in [7, 11) is 0. The molecule has 0 saturated carbocycles. The maximum Gasteiger partial charge on any atom is 0.123 e. The van der Waals surface area contributed by atoms with Gasteiger partial charge in [0.25, 0.3) is 0 Å². The zero-order valence-electron chi connectivity index (χ0n) is 11.9. The third-order valence-electron chi connectivity index (χ3n) is 3.34. The number of aliphatic hydroxyl groups is 1. The highest BCUT2D eigenvalue weighted by molar-refractivity contribution is 6.30. The molecule has 0 aliphatic rings. The van der Waals surface area contributed by atoms with Gasteiger partial charge in [-0.1, -0.05) is 29.8 Å². The Kier molecular flexibility index (Phi) is 5.74. The Labute approximate surface area is 129 Å². The van der Waals surface area contributed by atoms with Gasteiger partial charge >= 0.3 is 0 Å². The first kappa shape index (κ1) is 16.0. The Morgan fingerprint density at radius 2 is 2.05 bits per heavy atom. The highest BCUT2D eigenvalue weighted by Gasteiger charge is 2.08. The smallest absolute Gasteiger partial charge is 0.123 e. The summed E-state index contributed by atoms with van der Waals surface area (Å²) >= 11 is 5.94. The Morgan fingerprint density at radius 1 is 1.24 bits per heavy atom. The monoisotopic (exact) mass is 308 g/mol. The number of rotatable bonds is 6. The van der Waals surface area contributed by atoms with Crippen LogP contribution < -0.4 is 0 Å². The molecule has 4 heteroatoms. The van der Waals surface area contributed by atoms with Gasteiger partial charge in [-0.25, -0.2) is 4.39 Å². The lowest BCUT2D eigenvalue weighted by Crippen LogP contribution is -2.04. The first-order valence-electron chi connectivity index (χ1n) is 6.82. The van der Waals surface area contributed by atoms with Crippen LogP contribution in [-0.4, -0.2) is 11.7 Å². The van der Waals surface area contributed by atoms with E-state index in [-0.39, 0.29) is 5.82 Å². The minimum atomic E-state index is -0.721. The summed E-state index contributed by atoms with van der Waals surface area (Å²) in [6.45, 7) is 2.84. The van der Waals surface area contributed by atoms with Gasteiger partial charge in [-0.05, 0) is 47.9 Å². The van der Waals surface area contributed by atoms with Crippen molar-refractivity contribution in [1.29, 1.82) is 0 Å². The fraction of sp³-hybridized carbons (Fsp3) is 0.294. The van der Waals surface area contributed by atoms with Gasteiger partial charge in [-0.15, -0.1) is 0 Å². The van der Waals surface area contributed by atoms with Gasteiger partial charge in [0.1, 0.15) is 5.82 Å². The Balaban J connectivity index is 1.80. The van der Waals surface area contributed by atoms with Crippen LogP contribution in [0.25, 0.3) is 0 Å². The molecule has 0 saturated heterocycles. The molecule has 0 fully saturated rings. The van der Waals surface area contributed by atoms with Gasteiger partial charge in [-0.3, -0.25) is 0 Å². The first-order chi connectivity index (χ1) is 10.1. The van der Waals surface area contributed by atoms with Crippen molar-refractivity contribution >= 4 is 11.6 Å². The zero-order chi connectivity index (χ0) is 15.2. The van der Waals surface area contributed by atoms with E-state index in [9.17, 15) is 9.50 Å². The van der Waals surface area contributed by atoms with E-state index >= 15 is 0 Å². The molecular weight excluding hydrogens is 291 g/mol. The second-order valence-corrected chi connectivity index (χ2v) is 5.42. The van der Waals surface area contributed by atoms with Crippen molar-refractivity contribution in [3.05, 3.63) is 70.0 Å². The van der Waals surface area contributed by atoms with Gasteiger partial charge in [0.15, 0.2) is 0 Å². The van der Waals surface area contributed by atoms with Gasteiger partial charge in [-0.2, -0.15) is 0 Å². The lowest BCUT2D eigenvalue weighted by molar-refractivity contribution is 0.0730. The van der Waals surface area contributed by atoms with Crippen molar-refractivity contribution in [3.8, 4) is 0 Å². The molecule has 0 spiro atoms. The minimum absolute atomic E-state index is 0.345. The van der Waals surface area contributed by atoms with E-state index in [1.807, 2.05) is 25.1 Å². The highest BCUT2D eigenvalue weighted by Crippen LogP contribution is 2.19. The Hall–Kier alpha value is -1.42. The van der Waals surface area contributed by atoms with E-state index in [1.165, 1.54) is 12.1 Å². The summed E-state index contributed by atoms with van der Waals surface area (Å²) in [5.41, 5.74) is 2.71. The largest absolute Gasteiger partial charge is 0.388 e.